The fourth-order valence-electron chi connectivity index (χ4n) is 1.74. The van der Waals surface area contributed by atoms with Gasteiger partial charge in [0.15, 0.2) is 5.78 Å². The van der Waals surface area contributed by atoms with E-state index >= 15 is 0 Å². The second-order valence-electron chi connectivity index (χ2n) is 4.24. The highest BCUT2D eigenvalue weighted by molar-refractivity contribution is 6.32. The molecule has 21 heavy (non-hydrogen) atoms. The van der Waals surface area contributed by atoms with Crippen molar-refractivity contribution in [3.63, 3.8) is 0 Å². The van der Waals surface area contributed by atoms with E-state index in [1.54, 1.807) is 0 Å². The van der Waals surface area contributed by atoms with Gasteiger partial charge in [0.05, 0.1) is 5.02 Å². The maximum atomic E-state index is 13.5. The Morgan fingerprint density at radius 2 is 2.14 bits per heavy atom. The topological polar surface area (TPSA) is 67.5 Å². The van der Waals surface area contributed by atoms with Crippen molar-refractivity contribution < 1.29 is 18.7 Å². The molecule has 0 amide bonds. The number of hydrogen-bond donors (Lipinski definition) is 1. The summed E-state index contributed by atoms with van der Waals surface area (Å²) in [6, 6.07) is 5.23. The lowest BCUT2D eigenvalue weighted by Crippen LogP contribution is -2.13. The molecule has 2 aromatic rings. The van der Waals surface area contributed by atoms with Gasteiger partial charge in [-0.2, -0.15) is 0 Å². The van der Waals surface area contributed by atoms with Crippen molar-refractivity contribution in [3.8, 4) is 5.75 Å². The van der Waals surface area contributed by atoms with Gasteiger partial charge in [0.1, 0.15) is 22.9 Å². The number of ketones is 1. The SMILES string of the molecule is Cc1cc(O)c(C(=O)/C=C/c2c(F)cccc2Cl)c(=O)o1. The Hall–Kier alpha value is -2.40. The fourth-order valence-corrected chi connectivity index (χ4v) is 1.96. The summed E-state index contributed by atoms with van der Waals surface area (Å²) in [5.41, 5.74) is -1.45. The van der Waals surface area contributed by atoms with Crippen LogP contribution in [0.3, 0.4) is 0 Å². The number of halogens is 2. The van der Waals surface area contributed by atoms with E-state index in [-0.39, 0.29) is 16.3 Å². The van der Waals surface area contributed by atoms with Crippen molar-refractivity contribution in [3.05, 3.63) is 68.5 Å². The predicted molar refractivity (Wildman–Crippen MR) is 76.2 cm³/mol. The Morgan fingerprint density at radius 1 is 1.43 bits per heavy atom. The quantitative estimate of drug-likeness (QED) is 0.697. The van der Waals surface area contributed by atoms with E-state index in [0.717, 1.165) is 18.2 Å². The molecule has 6 heteroatoms. The van der Waals surface area contributed by atoms with Crippen LogP contribution in [0.15, 0.2) is 39.6 Å². The van der Waals surface area contributed by atoms with Crippen molar-refractivity contribution in [2.75, 3.05) is 0 Å². The Balaban J connectivity index is 2.39. The lowest BCUT2D eigenvalue weighted by atomic mass is 10.1. The monoisotopic (exact) mass is 308 g/mol. The van der Waals surface area contributed by atoms with E-state index in [0.29, 0.717) is 0 Å². The highest BCUT2D eigenvalue weighted by atomic mass is 35.5. The van der Waals surface area contributed by atoms with Gasteiger partial charge in [0, 0.05) is 11.6 Å². The molecule has 1 heterocycles. The van der Waals surface area contributed by atoms with Crippen LogP contribution in [0.1, 0.15) is 21.7 Å². The molecular weight excluding hydrogens is 299 g/mol. The van der Waals surface area contributed by atoms with Crippen molar-refractivity contribution >= 4 is 23.5 Å². The standard InChI is InChI=1S/C15H10ClFO4/c1-8-7-13(19)14(15(20)21-8)12(18)6-5-9-10(16)3-2-4-11(9)17/h2-7,19H,1H3/b6-5+. The van der Waals surface area contributed by atoms with Gasteiger partial charge in [0.25, 0.3) is 0 Å². The van der Waals surface area contributed by atoms with Gasteiger partial charge in [-0.1, -0.05) is 17.7 Å². The second kappa shape index (κ2) is 5.93. The summed E-state index contributed by atoms with van der Waals surface area (Å²) in [7, 11) is 0. The van der Waals surface area contributed by atoms with Crippen LogP contribution in [0, 0.1) is 12.7 Å². The van der Waals surface area contributed by atoms with Crippen molar-refractivity contribution in [1.82, 2.24) is 0 Å². The molecular formula is C15H10ClFO4. The van der Waals surface area contributed by atoms with Gasteiger partial charge in [-0.05, 0) is 31.2 Å². The van der Waals surface area contributed by atoms with Crippen molar-refractivity contribution in [1.29, 1.82) is 0 Å². The molecule has 1 aromatic heterocycles. The lowest BCUT2D eigenvalue weighted by molar-refractivity contribution is 0.104. The van der Waals surface area contributed by atoms with Crippen LogP contribution in [-0.2, 0) is 0 Å². The molecule has 0 fully saturated rings. The van der Waals surface area contributed by atoms with E-state index in [2.05, 4.69) is 0 Å². The summed E-state index contributed by atoms with van der Waals surface area (Å²) in [4.78, 5) is 23.5. The van der Waals surface area contributed by atoms with E-state index < -0.39 is 28.5 Å². The molecule has 0 aliphatic carbocycles. The van der Waals surface area contributed by atoms with E-state index in [1.807, 2.05) is 0 Å². The molecule has 1 N–H and O–H groups in total. The number of hydrogen-bond acceptors (Lipinski definition) is 4. The Bertz CT molecular complexity index is 772. The molecule has 0 spiro atoms. The van der Waals surface area contributed by atoms with Crippen LogP contribution in [0.5, 0.6) is 5.75 Å². The summed E-state index contributed by atoms with van der Waals surface area (Å²) in [5, 5.41) is 9.76. The van der Waals surface area contributed by atoms with E-state index in [1.165, 1.54) is 25.1 Å². The summed E-state index contributed by atoms with van der Waals surface area (Å²) in [5.74, 6) is -1.72. The largest absolute Gasteiger partial charge is 0.507 e. The maximum absolute atomic E-state index is 13.5. The number of aromatic hydroxyl groups is 1. The molecule has 0 radical (unpaired) electrons. The molecule has 0 saturated heterocycles. The first kappa shape index (κ1) is 15.0. The van der Waals surface area contributed by atoms with Crippen LogP contribution in [-0.4, -0.2) is 10.9 Å². The number of carbonyl (C=O) groups is 1. The number of allylic oxidation sites excluding steroid dienone is 1. The second-order valence-corrected chi connectivity index (χ2v) is 4.64. The van der Waals surface area contributed by atoms with Crippen molar-refractivity contribution in [2.24, 2.45) is 0 Å². The maximum Gasteiger partial charge on any atom is 0.351 e. The highest BCUT2D eigenvalue weighted by Gasteiger charge is 2.16. The molecule has 2 rings (SSSR count). The van der Waals surface area contributed by atoms with E-state index in [9.17, 15) is 19.1 Å². The van der Waals surface area contributed by atoms with Gasteiger partial charge in [-0.3, -0.25) is 4.79 Å². The Labute approximate surface area is 124 Å². The minimum absolute atomic E-state index is 0.0171. The number of benzene rings is 1. The first-order chi connectivity index (χ1) is 9.90. The lowest BCUT2D eigenvalue weighted by Gasteiger charge is -2.01. The third kappa shape index (κ3) is 3.20. The number of carbonyl (C=O) groups excluding carboxylic acids is 1. The zero-order valence-electron chi connectivity index (χ0n) is 10.9. The molecule has 1 aromatic carbocycles. The van der Waals surface area contributed by atoms with Gasteiger partial charge in [-0.15, -0.1) is 0 Å². The summed E-state index contributed by atoms with van der Waals surface area (Å²) >= 11 is 5.81. The molecule has 0 aliphatic rings. The molecule has 0 aliphatic heterocycles. The van der Waals surface area contributed by atoms with Gasteiger partial charge >= 0.3 is 5.63 Å². The summed E-state index contributed by atoms with van der Waals surface area (Å²) < 4.78 is 18.3. The van der Waals surface area contributed by atoms with Gasteiger partial charge in [0.2, 0.25) is 0 Å². The first-order valence-corrected chi connectivity index (χ1v) is 6.28. The molecule has 108 valence electrons. The fraction of sp³-hybridized carbons (Fsp3) is 0.0667. The van der Waals surface area contributed by atoms with Crippen LogP contribution < -0.4 is 5.63 Å². The third-order valence-electron chi connectivity index (χ3n) is 2.70. The minimum atomic E-state index is -0.957. The highest BCUT2D eigenvalue weighted by Crippen LogP contribution is 2.21. The Morgan fingerprint density at radius 3 is 2.76 bits per heavy atom. The summed E-state index contributed by atoms with van der Waals surface area (Å²) in [6.45, 7) is 1.46. The molecule has 0 atom stereocenters. The predicted octanol–water partition coefficient (Wildman–Crippen LogP) is 3.34. The normalized spacial score (nSPS) is 11.0. The van der Waals surface area contributed by atoms with Crippen LogP contribution in [0.4, 0.5) is 4.39 Å². The summed E-state index contributed by atoms with van der Waals surface area (Å²) in [6.07, 6.45) is 2.09. The third-order valence-corrected chi connectivity index (χ3v) is 3.03. The van der Waals surface area contributed by atoms with Crippen molar-refractivity contribution in [2.45, 2.75) is 6.92 Å². The first-order valence-electron chi connectivity index (χ1n) is 5.90. The van der Waals surface area contributed by atoms with Gasteiger partial charge in [-0.25, -0.2) is 9.18 Å². The Kier molecular flexibility index (Phi) is 4.23. The average Bonchev–Trinajstić information content (AvgIpc) is 2.36. The van der Waals surface area contributed by atoms with Crippen LogP contribution in [0.25, 0.3) is 6.08 Å². The van der Waals surface area contributed by atoms with Crippen LogP contribution >= 0.6 is 11.6 Å². The van der Waals surface area contributed by atoms with E-state index in [4.69, 9.17) is 16.0 Å². The average molecular weight is 309 g/mol. The molecule has 0 unspecified atom stereocenters. The minimum Gasteiger partial charge on any atom is -0.507 e. The molecule has 4 nitrogen and oxygen atoms in total. The van der Waals surface area contributed by atoms with Crippen LogP contribution in [0.2, 0.25) is 5.02 Å². The molecule has 0 bridgehead atoms. The molecule has 0 saturated carbocycles. The zero-order valence-corrected chi connectivity index (χ0v) is 11.6. The zero-order chi connectivity index (χ0) is 15.6. The number of aryl methyl sites for hydroxylation is 1. The van der Waals surface area contributed by atoms with Gasteiger partial charge < -0.3 is 9.52 Å². The number of rotatable bonds is 3. The smallest absolute Gasteiger partial charge is 0.351 e.